The molecule has 0 bridgehead atoms. The number of aryl methyl sites for hydroxylation is 1. The Morgan fingerprint density at radius 2 is 2.14 bits per heavy atom. The number of amides is 1. The molecule has 2 heterocycles. The summed E-state index contributed by atoms with van der Waals surface area (Å²) < 4.78 is 7.48. The molecule has 1 fully saturated rings. The summed E-state index contributed by atoms with van der Waals surface area (Å²) in [5.41, 5.74) is -0.212. The Morgan fingerprint density at radius 1 is 1.45 bits per heavy atom. The molecule has 124 valence electrons. The van der Waals surface area contributed by atoms with Gasteiger partial charge in [0, 0.05) is 38.2 Å². The van der Waals surface area contributed by atoms with Crippen molar-refractivity contribution in [2.24, 2.45) is 13.0 Å². The first-order valence-corrected chi connectivity index (χ1v) is 7.96. The quantitative estimate of drug-likeness (QED) is 0.862. The molecule has 1 aliphatic rings. The van der Waals surface area contributed by atoms with Crippen LogP contribution < -0.4 is 10.6 Å². The maximum Gasteiger partial charge on any atom is 0.234 e. The summed E-state index contributed by atoms with van der Waals surface area (Å²) in [5.74, 6) is 1.44. The molecular formula is C16H28N4O2. The summed E-state index contributed by atoms with van der Waals surface area (Å²) in [6.07, 6.45) is 5.73. The van der Waals surface area contributed by atoms with Crippen molar-refractivity contribution in [3.8, 4) is 0 Å². The lowest BCUT2D eigenvalue weighted by molar-refractivity contribution is -0.121. The van der Waals surface area contributed by atoms with Crippen molar-refractivity contribution < 1.29 is 9.53 Å². The average molecular weight is 308 g/mol. The second kappa shape index (κ2) is 7.24. The number of nitrogens with one attached hydrogen (secondary N) is 2. The molecule has 22 heavy (non-hydrogen) atoms. The fourth-order valence-corrected chi connectivity index (χ4v) is 2.86. The van der Waals surface area contributed by atoms with Crippen LogP contribution in [0.4, 0.5) is 0 Å². The Kier molecular flexibility index (Phi) is 5.58. The van der Waals surface area contributed by atoms with Crippen LogP contribution >= 0.6 is 0 Å². The Morgan fingerprint density at radius 3 is 2.68 bits per heavy atom. The highest BCUT2D eigenvalue weighted by atomic mass is 16.5. The highest BCUT2D eigenvalue weighted by molar-refractivity contribution is 5.78. The Balaban J connectivity index is 2.02. The van der Waals surface area contributed by atoms with Gasteiger partial charge in [-0.05, 0) is 39.5 Å². The van der Waals surface area contributed by atoms with Crippen LogP contribution in [0.2, 0.25) is 0 Å². The minimum Gasteiger partial charge on any atom is -0.381 e. The van der Waals surface area contributed by atoms with E-state index in [1.54, 1.807) is 6.20 Å². The van der Waals surface area contributed by atoms with E-state index in [9.17, 15) is 4.79 Å². The zero-order chi connectivity index (χ0) is 16.2. The molecule has 0 saturated carbocycles. The molecule has 1 saturated heterocycles. The number of nitrogens with zero attached hydrogens (tertiary/aromatic N) is 2. The number of hydrogen-bond acceptors (Lipinski definition) is 4. The molecule has 0 aliphatic carbocycles. The number of aromatic nitrogens is 2. The lowest BCUT2D eigenvalue weighted by Crippen LogP contribution is -2.46. The number of carbonyl (C=O) groups is 1. The Labute approximate surface area is 132 Å². The van der Waals surface area contributed by atoms with E-state index in [0.29, 0.717) is 12.5 Å². The minimum atomic E-state index is -0.212. The lowest BCUT2D eigenvalue weighted by Gasteiger charge is -2.31. The van der Waals surface area contributed by atoms with E-state index in [1.165, 1.54) is 0 Å². The molecule has 1 aromatic heterocycles. The Hall–Kier alpha value is -1.40. The highest BCUT2D eigenvalue weighted by Crippen LogP contribution is 2.28. The Bertz CT molecular complexity index is 487. The van der Waals surface area contributed by atoms with Crippen molar-refractivity contribution >= 4 is 5.91 Å². The van der Waals surface area contributed by atoms with Gasteiger partial charge in [-0.3, -0.25) is 10.1 Å². The molecule has 0 aromatic carbocycles. The highest BCUT2D eigenvalue weighted by Gasteiger charge is 2.28. The van der Waals surface area contributed by atoms with Crippen LogP contribution in [-0.2, 0) is 16.6 Å². The van der Waals surface area contributed by atoms with E-state index < -0.39 is 0 Å². The van der Waals surface area contributed by atoms with Gasteiger partial charge >= 0.3 is 0 Å². The number of ether oxygens (including phenoxy) is 1. The molecule has 1 amide bonds. The van der Waals surface area contributed by atoms with E-state index >= 15 is 0 Å². The molecule has 2 rings (SSSR count). The van der Waals surface area contributed by atoms with Gasteiger partial charge in [0.25, 0.3) is 0 Å². The van der Waals surface area contributed by atoms with Crippen molar-refractivity contribution in [1.82, 2.24) is 20.2 Å². The fraction of sp³-hybridized carbons (Fsp3) is 0.750. The molecule has 0 radical (unpaired) electrons. The topological polar surface area (TPSA) is 68.2 Å². The maximum absolute atomic E-state index is 12.1. The first-order chi connectivity index (χ1) is 10.4. The molecule has 2 N–H and O–H groups in total. The smallest absolute Gasteiger partial charge is 0.234 e. The van der Waals surface area contributed by atoms with Gasteiger partial charge in [0.05, 0.1) is 12.6 Å². The first-order valence-electron chi connectivity index (χ1n) is 7.96. The number of imidazole rings is 1. The predicted molar refractivity (Wildman–Crippen MR) is 85.4 cm³/mol. The zero-order valence-corrected chi connectivity index (χ0v) is 14.1. The van der Waals surface area contributed by atoms with E-state index in [2.05, 4.69) is 15.6 Å². The fourth-order valence-electron chi connectivity index (χ4n) is 2.86. The van der Waals surface area contributed by atoms with Crippen molar-refractivity contribution in [3.63, 3.8) is 0 Å². The first kappa shape index (κ1) is 17.0. The normalized spacial score (nSPS) is 18.2. The second-order valence-corrected chi connectivity index (χ2v) is 7.00. The van der Waals surface area contributed by atoms with E-state index in [0.717, 1.165) is 31.9 Å². The largest absolute Gasteiger partial charge is 0.381 e. The van der Waals surface area contributed by atoms with Gasteiger partial charge in [-0.15, -0.1) is 0 Å². The van der Waals surface area contributed by atoms with Gasteiger partial charge in [0.15, 0.2) is 0 Å². The van der Waals surface area contributed by atoms with Gasteiger partial charge < -0.3 is 14.6 Å². The summed E-state index contributed by atoms with van der Waals surface area (Å²) >= 11 is 0. The molecule has 0 unspecified atom stereocenters. The summed E-state index contributed by atoms with van der Waals surface area (Å²) in [4.78, 5) is 16.5. The molecule has 1 atom stereocenters. The maximum atomic E-state index is 12.1. The number of rotatable bonds is 5. The molecular weight excluding hydrogens is 280 g/mol. The van der Waals surface area contributed by atoms with Gasteiger partial charge in [-0.2, -0.15) is 0 Å². The monoisotopic (exact) mass is 308 g/mol. The summed E-state index contributed by atoms with van der Waals surface area (Å²) in [7, 11) is 1.99. The van der Waals surface area contributed by atoms with Gasteiger partial charge in [-0.25, -0.2) is 4.98 Å². The van der Waals surface area contributed by atoms with Gasteiger partial charge in [0.2, 0.25) is 5.91 Å². The minimum absolute atomic E-state index is 0.0127. The average Bonchev–Trinajstić information content (AvgIpc) is 2.85. The van der Waals surface area contributed by atoms with Crippen LogP contribution in [0.15, 0.2) is 12.4 Å². The van der Waals surface area contributed by atoms with Gasteiger partial charge in [-0.1, -0.05) is 0 Å². The molecule has 6 heteroatoms. The van der Waals surface area contributed by atoms with Crippen molar-refractivity contribution in [1.29, 1.82) is 0 Å². The van der Waals surface area contributed by atoms with Crippen molar-refractivity contribution in [2.45, 2.75) is 45.2 Å². The van der Waals surface area contributed by atoms with Gasteiger partial charge in [0.1, 0.15) is 5.82 Å². The van der Waals surface area contributed by atoms with Crippen LogP contribution in [0, 0.1) is 5.92 Å². The molecule has 6 nitrogen and oxygen atoms in total. The third-order valence-corrected chi connectivity index (χ3v) is 3.87. The van der Waals surface area contributed by atoms with Crippen molar-refractivity contribution in [3.05, 3.63) is 18.2 Å². The SMILES string of the molecule is Cn1ccnc1[C@@H](NCC(=O)NC(C)(C)C)C1CCOCC1. The molecule has 1 aliphatic heterocycles. The number of carbonyl (C=O) groups excluding carboxylic acids is 1. The second-order valence-electron chi connectivity index (χ2n) is 7.00. The van der Waals surface area contributed by atoms with Crippen molar-refractivity contribution in [2.75, 3.05) is 19.8 Å². The van der Waals surface area contributed by atoms with E-state index in [-0.39, 0.29) is 17.5 Å². The van der Waals surface area contributed by atoms with Crippen LogP contribution in [0.3, 0.4) is 0 Å². The van der Waals surface area contributed by atoms with Crippen LogP contribution in [0.25, 0.3) is 0 Å². The standard InChI is InChI=1S/C16H28N4O2/c1-16(2,3)19-13(21)11-18-14(12-5-9-22-10-6-12)15-17-7-8-20(15)4/h7-8,12,14,18H,5-6,9-11H2,1-4H3,(H,19,21)/t14-/m0/s1. The third-order valence-electron chi connectivity index (χ3n) is 3.87. The van der Waals surface area contributed by atoms with Crippen LogP contribution in [0.1, 0.15) is 45.5 Å². The molecule has 0 spiro atoms. The predicted octanol–water partition coefficient (Wildman–Crippen LogP) is 1.39. The summed E-state index contributed by atoms with van der Waals surface area (Å²) in [6, 6.07) is 0.0784. The van der Waals surface area contributed by atoms with E-state index in [1.807, 2.05) is 38.6 Å². The van der Waals surface area contributed by atoms with E-state index in [4.69, 9.17) is 4.74 Å². The number of hydrogen-bond donors (Lipinski definition) is 2. The summed E-state index contributed by atoms with van der Waals surface area (Å²) in [6.45, 7) is 7.81. The summed E-state index contributed by atoms with van der Waals surface area (Å²) in [5, 5.41) is 6.39. The van der Waals surface area contributed by atoms with Crippen LogP contribution in [0.5, 0.6) is 0 Å². The van der Waals surface area contributed by atoms with Crippen LogP contribution in [-0.4, -0.2) is 40.8 Å². The third kappa shape index (κ3) is 4.81. The lowest BCUT2D eigenvalue weighted by atomic mass is 9.91. The zero-order valence-electron chi connectivity index (χ0n) is 14.1. The molecule has 1 aromatic rings.